The molecule has 1 N–H and O–H groups in total. The number of hydrogen-bond donors (Lipinski definition) is 1. The molecule has 0 saturated carbocycles. The summed E-state index contributed by atoms with van der Waals surface area (Å²) >= 11 is 0. The number of esters is 1. The normalized spacial score (nSPS) is 12.0. The number of aromatic amines is 1. The second-order valence-corrected chi connectivity index (χ2v) is 6.25. The van der Waals surface area contributed by atoms with Crippen LogP contribution in [0.4, 0.5) is 0 Å². The summed E-state index contributed by atoms with van der Waals surface area (Å²) in [7, 11) is -1.76. The molecule has 0 fully saturated rings. The zero-order valence-corrected chi connectivity index (χ0v) is 13.1. The molecule has 0 bridgehead atoms. The van der Waals surface area contributed by atoms with Crippen LogP contribution in [0.5, 0.6) is 5.75 Å². The second-order valence-electron chi connectivity index (χ2n) is 4.83. The number of aromatic nitrogens is 1. The van der Waals surface area contributed by atoms with Gasteiger partial charge in [-0.1, -0.05) is 30.3 Å². The summed E-state index contributed by atoms with van der Waals surface area (Å²) in [6.07, 6.45) is 0. The molecule has 3 rings (SSSR count). The van der Waals surface area contributed by atoms with Crippen molar-refractivity contribution in [2.24, 2.45) is 0 Å². The van der Waals surface area contributed by atoms with E-state index in [1.54, 1.807) is 54.6 Å². The average molecular weight is 327 g/mol. The molecule has 23 heavy (non-hydrogen) atoms. The molecule has 116 valence electrons. The molecule has 1 heterocycles. The van der Waals surface area contributed by atoms with Crippen LogP contribution in [-0.2, 0) is 15.6 Å². The van der Waals surface area contributed by atoms with Crippen molar-refractivity contribution in [2.45, 2.75) is 16.7 Å². The summed E-state index contributed by atoms with van der Waals surface area (Å²) in [5, 5.41) is 0.529. The third-order valence-corrected chi connectivity index (χ3v) is 4.66. The minimum atomic E-state index is -1.76. The highest BCUT2D eigenvalue weighted by Crippen LogP contribution is 2.30. The van der Waals surface area contributed by atoms with Crippen LogP contribution in [0.25, 0.3) is 10.9 Å². The molecule has 5 nitrogen and oxygen atoms in total. The summed E-state index contributed by atoms with van der Waals surface area (Å²) in [6.45, 7) is 1.24. The number of fused-ring (bicyclic) bond motifs is 1. The predicted molar refractivity (Wildman–Crippen MR) is 87.0 cm³/mol. The Morgan fingerprint density at radius 1 is 1.04 bits per heavy atom. The van der Waals surface area contributed by atoms with Gasteiger partial charge in [-0.05, 0) is 24.3 Å². The summed E-state index contributed by atoms with van der Waals surface area (Å²) in [4.78, 5) is 26.9. The van der Waals surface area contributed by atoms with Crippen molar-refractivity contribution in [3.8, 4) is 5.75 Å². The standard InChI is InChI=1S/C17H13NO4S/c1-11(19)22-15-13-9-5-6-10-14(13)18-17(20)16(15)23(21)12-7-3-2-4-8-12/h2-10H,1H3,(H,18,20). The number of nitrogens with one attached hydrogen (secondary N) is 1. The second kappa shape index (κ2) is 6.18. The first-order valence-electron chi connectivity index (χ1n) is 6.88. The Morgan fingerprint density at radius 2 is 1.70 bits per heavy atom. The molecule has 0 aliphatic rings. The molecule has 1 atom stereocenters. The number of H-pyrrole nitrogens is 1. The fourth-order valence-electron chi connectivity index (χ4n) is 2.27. The maximum atomic E-state index is 12.8. The van der Waals surface area contributed by atoms with E-state index in [4.69, 9.17) is 4.74 Å². The maximum Gasteiger partial charge on any atom is 0.308 e. The Hall–Kier alpha value is -2.73. The molecule has 0 aliphatic heterocycles. The van der Waals surface area contributed by atoms with Gasteiger partial charge in [-0.2, -0.15) is 0 Å². The van der Waals surface area contributed by atoms with Gasteiger partial charge in [-0.15, -0.1) is 0 Å². The van der Waals surface area contributed by atoms with E-state index >= 15 is 0 Å². The maximum absolute atomic E-state index is 12.8. The number of benzene rings is 2. The highest BCUT2D eigenvalue weighted by molar-refractivity contribution is 7.85. The first kappa shape index (κ1) is 15.2. The van der Waals surface area contributed by atoms with Crippen LogP contribution in [0, 0.1) is 0 Å². The highest BCUT2D eigenvalue weighted by Gasteiger charge is 2.22. The summed E-state index contributed by atoms with van der Waals surface area (Å²) < 4.78 is 18.0. The van der Waals surface area contributed by atoms with Gasteiger partial charge in [0.05, 0.1) is 16.3 Å². The molecule has 1 aromatic heterocycles. The molecule has 1 unspecified atom stereocenters. The number of para-hydroxylation sites is 1. The fourth-order valence-corrected chi connectivity index (χ4v) is 3.45. The molecule has 0 amide bonds. The lowest BCUT2D eigenvalue weighted by Gasteiger charge is -2.11. The Balaban J connectivity index is 2.31. The van der Waals surface area contributed by atoms with E-state index < -0.39 is 22.3 Å². The van der Waals surface area contributed by atoms with E-state index in [1.807, 2.05) is 0 Å². The molecule has 0 radical (unpaired) electrons. The predicted octanol–water partition coefficient (Wildman–Crippen LogP) is 2.62. The van der Waals surface area contributed by atoms with Crippen LogP contribution in [0.2, 0.25) is 0 Å². The van der Waals surface area contributed by atoms with Gasteiger partial charge in [-0.25, -0.2) is 4.21 Å². The number of carbonyl (C=O) groups is 1. The molecule has 0 spiro atoms. The number of hydrogen-bond acceptors (Lipinski definition) is 4. The first-order chi connectivity index (χ1) is 11.1. The quantitative estimate of drug-likeness (QED) is 0.750. The van der Waals surface area contributed by atoms with Crippen molar-refractivity contribution in [3.05, 3.63) is 65.0 Å². The van der Waals surface area contributed by atoms with Gasteiger partial charge in [0, 0.05) is 17.2 Å². The molecular formula is C17H13NO4S. The molecular weight excluding hydrogens is 314 g/mol. The highest BCUT2D eigenvalue weighted by atomic mass is 32.2. The number of ether oxygens (including phenoxy) is 1. The Labute approximate surface area is 134 Å². The van der Waals surface area contributed by atoms with Gasteiger partial charge in [-0.3, -0.25) is 9.59 Å². The van der Waals surface area contributed by atoms with Crippen molar-refractivity contribution in [1.29, 1.82) is 0 Å². The SMILES string of the molecule is CC(=O)Oc1c(S(=O)c2ccccc2)c(=O)[nH]c2ccccc12. The Bertz CT molecular complexity index is 963. The lowest BCUT2D eigenvalue weighted by atomic mass is 10.2. The van der Waals surface area contributed by atoms with Crippen LogP contribution in [0.3, 0.4) is 0 Å². The van der Waals surface area contributed by atoms with Gasteiger partial charge < -0.3 is 9.72 Å². The van der Waals surface area contributed by atoms with Gasteiger partial charge in [0.15, 0.2) is 10.6 Å². The van der Waals surface area contributed by atoms with E-state index in [0.29, 0.717) is 15.8 Å². The van der Waals surface area contributed by atoms with Crippen LogP contribution >= 0.6 is 0 Å². The van der Waals surface area contributed by atoms with E-state index in [2.05, 4.69) is 4.98 Å². The molecule has 3 aromatic rings. The zero-order valence-electron chi connectivity index (χ0n) is 12.2. The largest absolute Gasteiger partial charge is 0.424 e. The topological polar surface area (TPSA) is 76.2 Å². The summed E-state index contributed by atoms with van der Waals surface area (Å²) in [6, 6.07) is 15.5. The smallest absolute Gasteiger partial charge is 0.308 e. The van der Waals surface area contributed by atoms with Crippen molar-refractivity contribution in [1.82, 2.24) is 4.98 Å². The Kier molecular flexibility index (Phi) is 4.08. The van der Waals surface area contributed by atoms with Crippen molar-refractivity contribution >= 4 is 27.7 Å². The van der Waals surface area contributed by atoms with Crippen molar-refractivity contribution < 1.29 is 13.7 Å². The van der Waals surface area contributed by atoms with E-state index in [9.17, 15) is 13.8 Å². The van der Waals surface area contributed by atoms with E-state index in [1.165, 1.54) is 6.92 Å². The van der Waals surface area contributed by atoms with Crippen LogP contribution < -0.4 is 10.3 Å². The van der Waals surface area contributed by atoms with Crippen LogP contribution in [-0.4, -0.2) is 15.2 Å². The Morgan fingerprint density at radius 3 is 2.39 bits per heavy atom. The van der Waals surface area contributed by atoms with Crippen LogP contribution in [0.15, 0.2) is 69.2 Å². The van der Waals surface area contributed by atoms with Gasteiger partial charge in [0.1, 0.15) is 0 Å². The minimum absolute atomic E-state index is 0.0408. The third kappa shape index (κ3) is 2.93. The summed E-state index contributed by atoms with van der Waals surface area (Å²) in [5.74, 6) is -0.536. The van der Waals surface area contributed by atoms with E-state index in [-0.39, 0.29) is 10.6 Å². The van der Waals surface area contributed by atoms with Crippen LogP contribution in [0.1, 0.15) is 6.92 Å². The van der Waals surface area contributed by atoms with Gasteiger partial charge >= 0.3 is 5.97 Å². The van der Waals surface area contributed by atoms with Gasteiger partial charge in [0.2, 0.25) is 0 Å². The third-order valence-electron chi connectivity index (χ3n) is 3.22. The van der Waals surface area contributed by atoms with Crippen molar-refractivity contribution in [2.75, 3.05) is 0 Å². The van der Waals surface area contributed by atoms with E-state index in [0.717, 1.165) is 0 Å². The lowest BCUT2D eigenvalue weighted by Crippen LogP contribution is -2.18. The lowest BCUT2D eigenvalue weighted by molar-refractivity contribution is -0.131. The number of carbonyl (C=O) groups excluding carboxylic acids is 1. The number of rotatable bonds is 3. The summed E-state index contributed by atoms with van der Waals surface area (Å²) in [5.41, 5.74) is -0.0234. The number of pyridine rings is 1. The van der Waals surface area contributed by atoms with Crippen molar-refractivity contribution in [3.63, 3.8) is 0 Å². The fraction of sp³-hybridized carbons (Fsp3) is 0.0588. The zero-order chi connectivity index (χ0) is 16.4. The first-order valence-corrected chi connectivity index (χ1v) is 8.03. The minimum Gasteiger partial charge on any atom is -0.424 e. The molecule has 0 aliphatic carbocycles. The molecule has 2 aromatic carbocycles. The average Bonchev–Trinajstić information content (AvgIpc) is 2.55. The molecule has 6 heteroatoms. The molecule has 0 saturated heterocycles. The van der Waals surface area contributed by atoms with Gasteiger partial charge in [0.25, 0.3) is 5.56 Å². The monoisotopic (exact) mass is 327 g/mol.